The van der Waals surface area contributed by atoms with Gasteiger partial charge in [0.15, 0.2) is 0 Å². The first-order valence-electron chi connectivity index (χ1n) is 10.9. The van der Waals surface area contributed by atoms with E-state index in [9.17, 15) is 22.4 Å². The predicted octanol–water partition coefficient (Wildman–Crippen LogP) is 7.38. The molecule has 0 bridgehead atoms. The summed E-state index contributed by atoms with van der Waals surface area (Å²) in [5.74, 6) is 1.11. The number of carbonyl (C=O) groups excluding carboxylic acids is 1. The molecule has 2 aromatic carbocycles. The number of esters is 1. The van der Waals surface area contributed by atoms with E-state index in [1.807, 2.05) is 0 Å². The van der Waals surface area contributed by atoms with E-state index in [0.717, 1.165) is 55.4 Å². The van der Waals surface area contributed by atoms with Crippen LogP contribution < -0.4 is 4.74 Å². The molecule has 0 N–H and O–H groups in total. The van der Waals surface area contributed by atoms with E-state index in [0.29, 0.717) is 11.5 Å². The van der Waals surface area contributed by atoms with E-state index in [4.69, 9.17) is 4.74 Å². The molecule has 0 radical (unpaired) electrons. The van der Waals surface area contributed by atoms with E-state index < -0.39 is 23.5 Å². The fraction of sp³-hybridized carbons (Fsp3) is 0.480. The van der Waals surface area contributed by atoms with Crippen LogP contribution in [0.15, 0.2) is 42.5 Å². The zero-order valence-corrected chi connectivity index (χ0v) is 17.4. The van der Waals surface area contributed by atoms with Crippen molar-refractivity contribution in [1.29, 1.82) is 0 Å². The van der Waals surface area contributed by atoms with Crippen molar-refractivity contribution in [2.24, 2.45) is 17.8 Å². The largest absolute Gasteiger partial charge is 0.423 e. The fourth-order valence-corrected chi connectivity index (χ4v) is 5.27. The molecule has 0 spiro atoms. The van der Waals surface area contributed by atoms with Crippen LogP contribution >= 0.6 is 0 Å². The Morgan fingerprint density at radius 1 is 0.935 bits per heavy atom. The third-order valence-electron chi connectivity index (χ3n) is 6.94. The fourth-order valence-electron chi connectivity index (χ4n) is 5.27. The lowest BCUT2D eigenvalue weighted by Crippen LogP contribution is -2.30. The van der Waals surface area contributed by atoms with Gasteiger partial charge in [-0.25, -0.2) is 9.18 Å². The molecule has 2 fully saturated rings. The maximum Gasteiger partial charge on any atom is 0.416 e. The SMILES string of the molecule is CC1CCC2CC(c3ccc(C(=O)Oc4ccc(C(F)(F)F)cc4)cc3F)CCC2C1. The van der Waals surface area contributed by atoms with Crippen LogP contribution in [0.1, 0.15) is 72.9 Å². The van der Waals surface area contributed by atoms with E-state index >= 15 is 0 Å². The highest BCUT2D eigenvalue weighted by atomic mass is 19.4. The van der Waals surface area contributed by atoms with Crippen LogP contribution in [-0.4, -0.2) is 5.97 Å². The second-order valence-electron chi connectivity index (χ2n) is 9.10. The summed E-state index contributed by atoms with van der Waals surface area (Å²) in [7, 11) is 0. The first-order chi connectivity index (χ1) is 14.7. The first kappa shape index (κ1) is 21.8. The topological polar surface area (TPSA) is 26.3 Å². The quantitative estimate of drug-likeness (QED) is 0.286. The highest BCUT2D eigenvalue weighted by Crippen LogP contribution is 2.47. The van der Waals surface area contributed by atoms with Gasteiger partial charge in [0, 0.05) is 0 Å². The summed E-state index contributed by atoms with van der Waals surface area (Å²) in [4.78, 5) is 12.3. The molecule has 0 aliphatic heterocycles. The minimum absolute atomic E-state index is 0.0210. The van der Waals surface area contributed by atoms with Gasteiger partial charge in [-0.3, -0.25) is 0 Å². The molecule has 31 heavy (non-hydrogen) atoms. The summed E-state index contributed by atoms with van der Waals surface area (Å²) < 4.78 is 57.9. The van der Waals surface area contributed by atoms with E-state index in [2.05, 4.69) is 6.92 Å². The maximum absolute atomic E-state index is 14.9. The molecule has 0 saturated heterocycles. The maximum atomic E-state index is 14.9. The van der Waals surface area contributed by atoms with Crippen molar-refractivity contribution in [1.82, 2.24) is 0 Å². The van der Waals surface area contributed by atoms with E-state index in [1.54, 1.807) is 12.1 Å². The van der Waals surface area contributed by atoms with Crippen molar-refractivity contribution >= 4 is 5.97 Å². The lowest BCUT2D eigenvalue weighted by atomic mass is 9.64. The summed E-state index contributed by atoms with van der Waals surface area (Å²) in [5.41, 5.74) is -0.144. The van der Waals surface area contributed by atoms with Crippen LogP contribution in [0.5, 0.6) is 5.75 Å². The third kappa shape index (κ3) is 4.94. The smallest absolute Gasteiger partial charge is 0.416 e. The Hall–Kier alpha value is -2.37. The van der Waals surface area contributed by atoms with Crippen molar-refractivity contribution in [2.75, 3.05) is 0 Å². The average molecular weight is 434 g/mol. The molecule has 2 aromatic rings. The van der Waals surface area contributed by atoms with Gasteiger partial charge in [0.2, 0.25) is 0 Å². The number of hydrogen-bond acceptors (Lipinski definition) is 2. The van der Waals surface area contributed by atoms with E-state index in [-0.39, 0.29) is 17.2 Å². The highest BCUT2D eigenvalue weighted by molar-refractivity contribution is 5.91. The molecular formula is C25H26F4O2. The molecule has 0 aromatic heterocycles. The summed E-state index contributed by atoms with van der Waals surface area (Å²) in [6, 6.07) is 8.22. The van der Waals surface area contributed by atoms with Gasteiger partial charge in [0.25, 0.3) is 0 Å². The number of fused-ring (bicyclic) bond motifs is 1. The average Bonchev–Trinajstić information content (AvgIpc) is 2.73. The number of hydrogen-bond donors (Lipinski definition) is 0. The monoisotopic (exact) mass is 434 g/mol. The third-order valence-corrected chi connectivity index (χ3v) is 6.94. The van der Waals surface area contributed by atoms with Gasteiger partial charge >= 0.3 is 12.1 Å². The molecule has 6 heteroatoms. The van der Waals surface area contributed by atoms with Crippen molar-refractivity contribution in [3.8, 4) is 5.75 Å². The Bertz CT molecular complexity index is 936. The molecule has 2 aliphatic rings. The lowest BCUT2D eigenvalue weighted by Gasteiger charge is -2.41. The molecule has 4 atom stereocenters. The van der Waals surface area contributed by atoms with Crippen LogP contribution in [0.25, 0.3) is 0 Å². The number of alkyl halides is 3. The van der Waals surface area contributed by atoms with E-state index in [1.165, 1.54) is 25.3 Å². The van der Waals surface area contributed by atoms with Crippen LogP contribution in [0.2, 0.25) is 0 Å². The zero-order valence-electron chi connectivity index (χ0n) is 17.4. The minimum atomic E-state index is -4.46. The summed E-state index contributed by atoms with van der Waals surface area (Å²) >= 11 is 0. The van der Waals surface area contributed by atoms with Crippen LogP contribution in [0.4, 0.5) is 17.6 Å². The van der Waals surface area contributed by atoms with Gasteiger partial charge in [0.05, 0.1) is 11.1 Å². The van der Waals surface area contributed by atoms with Gasteiger partial charge in [0.1, 0.15) is 11.6 Å². The minimum Gasteiger partial charge on any atom is -0.423 e. The Balaban J connectivity index is 1.42. The van der Waals surface area contributed by atoms with Gasteiger partial charge in [-0.2, -0.15) is 13.2 Å². The van der Waals surface area contributed by atoms with Crippen molar-refractivity contribution in [3.63, 3.8) is 0 Å². The zero-order chi connectivity index (χ0) is 22.2. The molecule has 0 heterocycles. The van der Waals surface area contributed by atoms with Crippen molar-refractivity contribution in [2.45, 2.75) is 57.5 Å². The standard InChI is InChI=1S/C25H26F4O2/c1-15-2-3-17-13-18(5-4-16(17)12-15)22-11-6-19(14-23(22)26)24(30)31-21-9-7-20(8-10-21)25(27,28)29/h6-11,14-18H,2-5,12-13H2,1H3. The Morgan fingerprint density at radius 2 is 1.61 bits per heavy atom. The Kier molecular flexibility index (Phi) is 6.09. The molecule has 4 unspecified atom stereocenters. The summed E-state index contributed by atoms with van der Waals surface area (Å²) in [5, 5.41) is 0. The first-order valence-corrected chi connectivity index (χ1v) is 10.9. The molecule has 0 amide bonds. The molecule has 4 rings (SSSR count). The summed E-state index contributed by atoms with van der Waals surface area (Å²) in [6.07, 6.45) is 2.33. The molecule has 2 nitrogen and oxygen atoms in total. The second-order valence-corrected chi connectivity index (χ2v) is 9.10. The number of benzene rings is 2. The normalized spacial score (nSPS) is 26.2. The highest BCUT2D eigenvalue weighted by Gasteiger charge is 2.35. The molecule has 2 saturated carbocycles. The Morgan fingerprint density at radius 3 is 2.29 bits per heavy atom. The second kappa shape index (κ2) is 8.64. The van der Waals surface area contributed by atoms with Crippen LogP contribution in [-0.2, 0) is 6.18 Å². The van der Waals surface area contributed by atoms with Gasteiger partial charge in [-0.05, 0) is 97.7 Å². The van der Waals surface area contributed by atoms with Gasteiger partial charge in [-0.1, -0.05) is 19.4 Å². The Labute approximate surface area is 179 Å². The molecule has 2 aliphatic carbocycles. The number of ether oxygens (including phenoxy) is 1. The number of halogens is 4. The van der Waals surface area contributed by atoms with Crippen LogP contribution in [0, 0.1) is 23.6 Å². The lowest BCUT2D eigenvalue weighted by molar-refractivity contribution is -0.137. The number of carbonyl (C=O) groups is 1. The van der Waals surface area contributed by atoms with Crippen LogP contribution in [0.3, 0.4) is 0 Å². The number of rotatable bonds is 3. The molecule has 166 valence electrons. The van der Waals surface area contributed by atoms with Crippen molar-refractivity contribution in [3.05, 3.63) is 65.0 Å². The van der Waals surface area contributed by atoms with Crippen molar-refractivity contribution < 1.29 is 27.1 Å². The van der Waals surface area contributed by atoms with Gasteiger partial charge < -0.3 is 4.74 Å². The summed E-state index contributed by atoms with van der Waals surface area (Å²) in [6.45, 7) is 2.31. The molecular weight excluding hydrogens is 408 g/mol. The van der Waals surface area contributed by atoms with Gasteiger partial charge in [-0.15, -0.1) is 0 Å². The predicted molar refractivity (Wildman–Crippen MR) is 109 cm³/mol.